The number of carbonyl (C=O) groups is 3. The first-order valence-corrected chi connectivity index (χ1v) is 11.8. The van der Waals surface area contributed by atoms with Crippen LogP contribution in [-0.4, -0.2) is 60.2 Å². The molecule has 170 valence electrons. The van der Waals surface area contributed by atoms with Gasteiger partial charge >= 0.3 is 0 Å². The van der Waals surface area contributed by atoms with E-state index in [0.717, 1.165) is 35.8 Å². The molecule has 4 rings (SSSR count). The quantitative estimate of drug-likeness (QED) is 0.785. The van der Waals surface area contributed by atoms with Gasteiger partial charge in [0.25, 0.3) is 0 Å². The highest BCUT2D eigenvalue weighted by Gasteiger charge is 2.31. The monoisotopic (exact) mass is 435 g/mol. The number of hydrogen-bond donors (Lipinski definition) is 1. The van der Waals surface area contributed by atoms with Gasteiger partial charge in [-0.05, 0) is 47.9 Å². The fraction of sp³-hybridized carbons (Fsp3) is 0.500. The van der Waals surface area contributed by atoms with Crippen LogP contribution in [0.15, 0.2) is 42.5 Å². The van der Waals surface area contributed by atoms with Crippen molar-refractivity contribution in [3.63, 3.8) is 0 Å². The van der Waals surface area contributed by atoms with Crippen molar-refractivity contribution in [1.29, 1.82) is 0 Å². The second-order valence-corrected chi connectivity index (χ2v) is 9.28. The average molecular weight is 436 g/mol. The van der Waals surface area contributed by atoms with Crippen molar-refractivity contribution in [2.75, 3.05) is 32.7 Å². The van der Waals surface area contributed by atoms with Gasteiger partial charge in [-0.15, -0.1) is 0 Å². The van der Waals surface area contributed by atoms with Crippen molar-refractivity contribution in [3.8, 4) is 0 Å². The van der Waals surface area contributed by atoms with Crippen LogP contribution in [0.2, 0.25) is 0 Å². The first kappa shape index (κ1) is 22.3. The Morgan fingerprint density at radius 2 is 1.69 bits per heavy atom. The van der Waals surface area contributed by atoms with Gasteiger partial charge in [0.2, 0.25) is 17.7 Å². The summed E-state index contributed by atoms with van der Waals surface area (Å²) in [5, 5.41) is 4.94. The second kappa shape index (κ2) is 10.2. The fourth-order valence-electron chi connectivity index (χ4n) is 4.99. The van der Waals surface area contributed by atoms with Crippen LogP contribution in [0.1, 0.15) is 38.2 Å². The molecule has 1 atom stereocenters. The zero-order valence-electron chi connectivity index (χ0n) is 18.9. The van der Waals surface area contributed by atoms with Crippen LogP contribution >= 0.6 is 0 Å². The van der Waals surface area contributed by atoms with Crippen molar-refractivity contribution < 1.29 is 14.4 Å². The number of carbonyl (C=O) groups excluding carboxylic acids is 3. The largest absolute Gasteiger partial charge is 0.347 e. The van der Waals surface area contributed by atoms with E-state index < -0.39 is 0 Å². The Morgan fingerprint density at radius 1 is 0.938 bits per heavy atom. The molecule has 6 heteroatoms. The van der Waals surface area contributed by atoms with Gasteiger partial charge in [-0.25, -0.2) is 0 Å². The predicted octanol–water partition coefficient (Wildman–Crippen LogP) is 3.00. The highest BCUT2D eigenvalue weighted by atomic mass is 16.2. The first-order chi connectivity index (χ1) is 15.5. The Bertz CT molecular complexity index is 976. The number of likely N-dealkylation sites (tertiary alicyclic amines) is 2. The van der Waals surface area contributed by atoms with Gasteiger partial charge in [-0.2, -0.15) is 0 Å². The summed E-state index contributed by atoms with van der Waals surface area (Å²) in [5.74, 6) is 0.622. The lowest BCUT2D eigenvalue weighted by Crippen LogP contribution is -2.48. The van der Waals surface area contributed by atoms with E-state index in [1.54, 1.807) is 4.90 Å². The van der Waals surface area contributed by atoms with Crippen molar-refractivity contribution >= 4 is 28.5 Å². The molecule has 2 aromatic rings. The Balaban J connectivity index is 1.23. The third-order valence-electron chi connectivity index (χ3n) is 6.83. The van der Waals surface area contributed by atoms with E-state index in [2.05, 4.69) is 12.2 Å². The highest BCUT2D eigenvalue weighted by molar-refractivity contribution is 5.91. The normalized spacial score (nSPS) is 19.7. The van der Waals surface area contributed by atoms with Crippen molar-refractivity contribution in [2.45, 2.75) is 39.0 Å². The first-order valence-electron chi connectivity index (χ1n) is 11.8. The molecule has 2 aromatic carbocycles. The van der Waals surface area contributed by atoms with E-state index in [1.165, 1.54) is 6.42 Å². The zero-order valence-corrected chi connectivity index (χ0v) is 18.9. The van der Waals surface area contributed by atoms with Crippen molar-refractivity contribution in [3.05, 3.63) is 48.0 Å². The molecule has 3 amide bonds. The summed E-state index contributed by atoms with van der Waals surface area (Å²) < 4.78 is 0. The lowest BCUT2D eigenvalue weighted by Gasteiger charge is -2.37. The number of benzene rings is 2. The third kappa shape index (κ3) is 5.29. The van der Waals surface area contributed by atoms with Gasteiger partial charge in [0.1, 0.15) is 0 Å². The smallest absolute Gasteiger partial charge is 0.241 e. The lowest BCUT2D eigenvalue weighted by atomic mass is 9.92. The summed E-state index contributed by atoms with van der Waals surface area (Å²) in [4.78, 5) is 41.7. The van der Waals surface area contributed by atoms with Crippen molar-refractivity contribution in [1.82, 2.24) is 15.1 Å². The summed E-state index contributed by atoms with van der Waals surface area (Å²) in [6.07, 6.45) is 3.95. The molecule has 2 aliphatic heterocycles. The Morgan fingerprint density at radius 3 is 2.47 bits per heavy atom. The lowest BCUT2D eigenvalue weighted by molar-refractivity contribution is -0.141. The number of nitrogens with one attached hydrogen (secondary N) is 1. The molecule has 1 N–H and O–H groups in total. The van der Waals surface area contributed by atoms with Gasteiger partial charge in [-0.3, -0.25) is 14.4 Å². The predicted molar refractivity (Wildman–Crippen MR) is 125 cm³/mol. The van der Waals surface area contributed by atoms with Crippen LogP contribution in [-0.2, 0) is 20.8 Å². The van der Waals surface area contributed by atoms with E-state index in [1.807, 2.05) is 47.4 Å². The molecule has 2 aliphatic rings. The number of fused-ring (bicyclic) bond motifs is 1. The Kier molecular flexibility index (Phi) is 7.08. The maximum absolute atomic E-state index is 12.8. The standard InChI is InChI=1S/C26H33N3O3/c1-19-6-5-13-29(18-19)26(32)21-11-14-28(15-12-21)25(31)17-27-24(30)16-22-9-4-8-20-7-2-3-10-23(20)22/h2-4,7-10,19,21H,5-6,11-18H2,1H3,(H,27,30). The van der Waals surface area contributed by atoms with Crippen LogP contribution in [0, 0.1) is 11.8 Å². The molecule has 0 bridgehead atoms. The molecule has 0 saturated carbocycles. The molecule has 0 aromatic heterocycles. The van der Waals surface area contributed by atoms with Gasteiger partial charge in [0.05, 0.1) is 13.0 Å². The van der Waals surface area contributed by atoms with E-state index in [-0.39, 0.29) is 36.6 Å². The van der Waals surface area contributed by atoms with E-state index in [4.69, 9.17) is 0 Å². The van der Waals surface area contributed by atoms with Crippen LogP contribution in [0.4, 0.5) is 0 Å². The minimum Gasteiger partial charge on any atom is -0.347 e. The molecule has 0 spiro atoms. The summed E-state index contributed by atoms with van der Waals surface area (Å²) >= 11 is 0. The SMILES string of the molecule is CC1CCCN(C(=O)C2CCN(C(=O)CNC(=O)Cc3cccc4ccccc34)CC2)C1. The van der Waals surface area contributed by atoms with Crippen LogP contribution < -0.4 is 5.32 Å². The molecule has 2 saturated heterocycles. The van der Waals surface area contributed by atoms with E-state index in [9.17, 15) is 14.4 Å². The van der Waals surface area contributed by atoms with Gasteiger partial charge < -0.3 is 15.1 Å². The van der Waals surface area contributed by atoms with Crippen LogP contribution in [0.5, 0.6) is 0 Å². The average Bonchev–Trinajstić information content (AvgIpc) is 2.82. The minimum absolute atomic E-state index is 0.00581. The summed E-state index contributed by atoms with van der Waals surface area (Å²) in [6.45, 7) is 5.10. The molecule has 1 unspecified atom stereocenters. The summed E-state index contributed by atoms with van der Waals surface area (Å²) in [7, 11) is 0. The second-order valence-electron chi connectivity index (χ2n) is 9.28. The summed E-state index contributed by atoms with van der Waals surface area (Å²) in [5.41, 5.74) is 0.958. The summed E-state index contributed by atoms with van der Waals surface area (Å²) in [6, 6.07) is 13.9. The molecule has 2 heterocycles. The molecule has 0 aliphatic carbocycles. The number of nitrogens with zero attached hydrogens (tertiary/aromatic N) is 2. The number of piperidine rings is 2. The van der Waals surface area contributed by atoms with Crippen LogP contribution in [0.3, 0.4) is 0 Å². The molecule has 6 nitrogen and oxygen atoms in total. The molecule has 0 radical (unpaired) electrons. The fourth-order valence-corrected chi connectivity index (χ4v) is 4.99. The number of rotatable bonds is 5. The topological polar surface area (TPSA) is 69.7 Å². The van der Waals surface area contributed by atoms with Crippen LogP contribution in [0.25, 0.3) is 10.8 Å². The Labute approximate surface area is 189 Å². The van der Waals surface area contributed by atoms with Gasteiger partial charge in [-0.1, -0.05) is 49.4 Å². The maximum Gasteiger partial charge on any atom is 0.241 e. The highest BCUT2D eigenvalue weighted by Crippen LogP contribution is 2.24. The molecular formula is C26H33N3O3. The molecule has 32 heavy (non-hydrogen) atoms. The molecule has 2 fully saturated rings. The number of amides is 3. The minimum atomic E-state index is -0.154. The number of hydrogen-bond acceptors (Lipinski definition) is 3. The van der Waals surface area contributed by atoms with E-state index in [0.29, 0.717) is 31.8 Å². The molecular weight excluding hydrogens is 402 g/mol. The third-order valence-corrected chi connectivity index (χ3v) is 6.83. The Hall–Kier alpha value is -2.89. The zero-order chi connectivity index (χ0) is 22.5. The van der Waals surface area contributed by atoms with E-state index >= 15 is 0 Å². The van der Waals surface area contributed by atoms with Crippen molar-refractivity contribution in [2.24, 2.45) is 11.8 Å². The van der Waals surface area contributed by atoms with Gasteiger partial charge in [0, 0.05) is 32.1 Å². The maximum atomic E-state index is 12.8. The van der Waals surface area contributed by atoms with Gasteiger partial charge in [0.15, 0.2) is 0 Å².